The summed E-state index contributed by atoms with van der Waals surface area (Å²) in [6.45, 7) is 5.26. The molecule has 0 saturated heterocycles. The molecule has 1 unspecified atom stereocenters. The molecule has 0 aliphatic carbocycles. The minimum Gasteiger partial charge on any atom is -0.324 e. The first-order valence-electron chi connectivity index (χ1n) is 5.96. The zero-order valence-corrected chi connectivity index (χ0v) is 9.89. The van der Waals surface area contributed by atoms with E-state index >= 15 is 0 Å². The van der Waals surface area contributed by atoms with Gasteiger partial charge in [0.1, 0.15) is 0 Å². The SMILES string of the molecule is CC(N)C1=CCCN(Cc2ccccc2)C1. The van der Waals surface area contributed by atoms with Crippen molar-refractivity contribution in [2.24, 2.45) is 5.73 Å². The van der Waals surface area contributed by atoms with Crippen molar-refractivity contribution in [1.82, 2.24) is 4.90 Å². The lowest BCUT2D eigenvalue weighted by Crippen LogP contribution is -2.34. The molecule has 1 aromatic rings. The first kappa shape index (κ1) is 11.4. The van der Waals surface area contributed by atoms with Crippen molar-refractivity contribution in [3.05, 3.63) is 47.5 Å². The van der Waals surface area contributed by atoms with Gasteiger partial charge in [0.2, 0.25) is 0 Å². The Labute approximate surface area is 97.8 Å². The lowest BCUT2D eigenvalue weighted by molar-refractivity contribution is 0.277. The fourth-order valence-corrected chi connectivity index (χ4v) is 2.14. The molecule has 16 heavy (non-hydrogen) atoms. The molecule has 0 radical (unpaired) electrons. The van der Waals surface area contributed by atoms with Gasteiger partial charge in [0.05, 0.1) is 0 Å². The van der Waals surface area contributed by atoms with Crippen LogP contribution in [0.4, 0.5) is 0 Å². The van der Waals surface area contributed by atoms with Crippen LogP contribution in [0.5, 0.6) is 0 Å². The molecule has 2 nitrogen and oxygen atoms in total. The molecule has 0 bridgehead atoms. The van der Waals surface area contributed by atoms with E-state index in [1.165, 1.54) is 11.1 Å². The largest absolute Gasteiger partial charge is 0.324 e. The second kappa shape index (κ2) is 5.28. The second-order valence-electron chi connectivity index (χ2n) is 4.55. The summed E-state index contributed by atoms with van der Waals surface area (Å²) in [5, 5.41) is 0. The van der Waals surface area contributed by atoms with Crippen LogP contribution >= 0.6 is 0 Å². The summed E-state index contributed by atoms with van der Waals surface area (Å²) >= 11 is 0. The van der Waals surface area contributed by atoms with Crippen molar-refractivity contribution in [2.75, 3.05) is 13.1 Å². The van der Waals surface area contributed by atoms with Gasteiger partial charge >= 0.3 is 0 Å². The summed E-state index contributed by atoms with van der Waals surface area (Å²) in [4.78, 5) is 2.47. The fourth-order valence-electron chi connectivity index (χ4n) is 2.14. The Hall–Kier alpha value is -1.12. The summed E-state index contributed by atoms with van der Waals surface area (Å²) in [6, 6.07) is 10.8. The monoisotopic (exact) mass is 216 g/mol. The molecule has 2 heteroatoms. The number of rotatable bonds is 3. The number of benzene rings is 1. The smallest absolute Gasteiger partial charge is 0.0237 e. The molecular formula is C14H20N2. The van der Waals surface area contributed by atoms with Gasteiger partial charge in [-0.3, -0.25) is 4.90 Å². The Morgan fingerprint density at radius 3 is 2.75 bits per heavy atom. The van der Waals surface area contributed by atoms with Crippen molar-refractivity contribution in [2.45, 2.75) is 25.9 Å². The van der Waals surface area contributed by atoms with Crippen LogP contribution in [0.15, 0.2) is 42.0 Å². The van der Waals surface area contributed by atoms with E-state index < -0.39 is 0 Å². The van der Waals surface area contributed by atoms with E-state index in [-0.39, 0.29) is 6.04 Å². The maximum absolute atomic E-state index is 5.93. The Bertz CT molecular complexity index is 354. The van der Waals surface area contributed by atoms with E-state index in [1.807, 2.05) is 0 Å². The third-order valence-electron chi connectivity index (χ3n) is 3.09. The number of hydrogen-bond donors (Lipinski definition) is 1. The van der Waals surface area contributed by atoms with Crippen molar-refractivity contribution in [3.63, 3.8) is 0 Å². The van der Waals surface area contributed by atoms with E-state index in [4.69, 9.17) is 5.73 Å². The van der Waals surface area contributed by atoms with E-state index in [9.17, 15) is 0 Å². The van der Waals surface area contributed by atoms with Gasteiger partial charge in [-0.1, -0.05) is 36.4 Å². The molecule has 0 amide bonds. The standard InChI is InChI=1S/C14H20N2/c1-12(15)14-8-5-9-16(11-14)10-13-6-3-2-4-7-13/h2-4,6-8,12H,5,9-11,15H2,1H3. The van der Waals surface area contributed by atoms with Gasteiger partial charge in [-0.25, -0.2) is 0 Å². The van der Waals surface area contributed by atoms with Gasteiger partial charge in [-0.05, 0) is 24.5 Å². The Kier molecular flexibility index (Phi) is 3.75. The molecular weight excluding hydrogens is 196 g/mol. The Morgan fingerprint density at radius 2 is 2.06 bits per heavy atom. The molecule has 1 aliphatic heterocycles. The van der Waals surface area contributed by atoms with Gasteiger partial charge in [-0.15, -0.1) is 0 Å². The summed E-state index contributed by atoms with van der Waals surface area (Å²) in [5.74, 6) is 0. The minimum absolute atomic E-state index is 0.193. The zero-order chi connectivity index (χ0) is 11.4. The Balaban J connectivity index is 1.95. The highest BCUT2D eigenvalue weighted by Crippen LogP contribution is 2.14. The zero-order valence-electron chi connectivity index (χ0n) is 9.89. The van der Waals surface area contributed by atoms with E-state index in [0.29, 0.717) is 0 Å². The molecule has 1 heterocycles. The average Bonchev–Trinajstić information content (AvgIpc) is 2.30. The molecule has 2 rings (SSSR count). The third-order valence-corrected chi connectivity index (χ3v) is 3.09. The molecule has 0 aromatic heterocycles. The van der Waals surface area contributed by atoms with Crippen LogP contribution in [0.2, 0.25) is 0 Å². The van der Waals surface area contributed by atoms with Crippen LogP contribution in [-0.2, 0) is 6.54 Å². The second-order valence-corrected chi connectivity index (χ2v) is 4.55. The molecule has 0 fully saturated rings. The van der Waals surface area contributed by atoms with Crippen LogP contribution in [0.1, 0.15) is 18.9 Å². The summed E-state index contributed by atoms with van der Waals surface area (Å²) in [7, 11) is 0. The van der Waals surface area contributed by atoms with Crippen LogP contribution in [-0.4, -0.2) is 24.0 Å². The first-order chi connectivity index (χ1) is 7.75. The fraction of sp³-hybridized carbons (Fsp3) is 0.429. The van der Waals surface area contributed by atoms with Crippen molar-refractivity contribution >= 4 is 0 Å². The third kappa shape index (κ3) is 2.94. The number of nitrogens with zero attached hydrogens (tertiary/aromatic N) is 1. The van der Waals surface area contributed by atoms with Crippen LogP contribution < -0.4 is 5.73 Å². The first-order valence-corrected chi connectivity index (χ1v) is 5.96. The topological polar surface area (TPSA) is 29.3 Å². The normalized spacial score (nSPS) is 19.2. The summed E-state index contributed by atoms with van der Waals surface area (Å²) in [6.07, 6.45) is 3.43. The molecule has 1 aromatic carbocycles. The van der Waals surface area contributed by atoms with Crippen molar-refractivity contribution in [3.8, 4) is 0 Å². The summed E-state index contributed by atoms with van der Waals surface area (Å²) < 4.78 is 0. The van der Waals surface area contributed by atoms with Gasteiger partial charge < -0.3 is 5.73 Å². The van der Waals surface area contributed by atoms with Crippen molar-refractivity contribution < 1.29 is 0 Å². The van der Waals surface area contributed by atoms with Crippen LogP contribution in [0.3, 0.4) is 0 Å². The van der Waals surface area contributed by atoms with Gasteiger partial charge in [-0.2, -0.15) is 0 Å². The highest BCUT2D eigenvalue weighted by Gasteiger charge is 2.14. The predicted molar refractivity (Wildman–Crippen MR) is 68.1 cm³/mol. The number of hydrogen-bond acceptors (Lipinski definition) is 2. The maximum atomic E-state index is 5.93. The van der Waals surface area contributed by atoms with Gasteiger partial charge in [0.15, 0.2) is 0 Å². The maximum Gasteiger partial charge on any atom is 0.0237 e. The quantitative estimate of drug-likeness (QED) is 0.785. The van der Waals surface area contributed by atoms with Crippen LogP contribution in [0, 0.1) is 0 Å². The predicted octanol–water partition coefficient (Wildman–Crippen LogP) is 2.17. The minimum atomic E-state index is 0.193. The average molecular weight is 216 g/mol. The molecule has 1 atom stereocenters. The van der Waals surface area contributed by atoms with Gasteiger partial charge in [0, 0.05) is 25.7 Å². The van der Waals surface area contributed by atoms with Gasteiger partial charge in [0.25, 0.3) is 0 Å². The lowest BCUT2D eigenvalue weighted by Gasteiger charge is -2.28. The Morgan fingerprint density at radius 1 is 1.31 bits per heavy atom. The molecule has 86 valence electrons. The van der Waals surface area contributed by atoms with Crippen molar-refractivity contribution in [1.29, 1.82) is 0 Å². The number of nitrogens with two attached hydrogens (primary N) is 1. The van der Waals surface area contributed by atoms with E-state index in [1.54, 1.807) is 0 Å². The molecule has 1 aliphatic rings. The van der Waals surface area contributed by atoms with E-state index in [2.05, 4.69) is 48.2 Å². The summed E-state index contributed by atoms with van der Waals surface area (Å²) in [5.41, 5.74) is 8.69. The molecule has 0 saturated carbocycles. The highest BCUT2D eigenvalue weighted by atomic mass is 15.1. The highest BCUT2D eigenvalue weighted by molar-refractivity contribution is 5.17. The van der Waals surface area contributed by atoms with Crippen LogP contribution in [0.25, 0.3) is 0 Å². The molecule has 2 N–H and O–H groups in total. The molecule has 0 spiro atoms. The lowest BCUT2D eigenvalue weighted by atomic mass is 10.0. The van der Waals surface area contributed by atoms with E-state index in [0.717, 1.165) is 26.1 Å².